The quantitative estimate of drug-likeness (QED) is 0.643. The molecule has 0 bridgehead atoms. The van der Waals surface area contributed by atoms with Crippen molar-refractivity contribution in [3.63, 3.8) is 0 Å². The van der Waals surface area contributed by atoms with Crippen LogP contribution in [0.2, 0.25) is 0 Å². The highest BCUT2D eigenvalue weighted by Gasteiger charge is 2.15. The molecule has 3 aromatic rings. The molecular formula is C20H19N2O2S+. The van der Waals surface area contributed by atoms with Crippen molar-refractivity contribution in [2.24, 2.45) is 0 Å². The number of hydrogen-bond donors (Lipinski definition) is 2. The number of para-hydroxylation sites is 1. The highest BCUT2D eigenvalue weighted by molar-refractivity contribution is 7.09. The van der Waals surface area contributed by atoms with Gasteiger partial charge in [0.05, 0.1) is 10.6 Å². The molecule has 4 nitrogen and oxygen atoms in total. The number of carbonyl (C=O) groups is 2. The minimum Gasteiger partial charge on any atom is -0.334 e. The molecular weight excluding hydrogens is 332 g/mol. The second kappa shape index (κ2) is 8.37. The molecule has 3 rings (SSSR count). The lowest BCUT2D eigenvalue weighted by Gasteiger charge is -2.10. The van der Waals surface area contributed by atoms with Crippen molar-refractivity contribution in [1.82, 2.24) is 0 Å². The van der Waals surface area contributed by atoms with E-state index in [0.29, 0.717) is 23.4 Å². The predicted octanol–water partition coefficient (Wildman–Crippen LogP) is 2.68. The van der Waals surface area contributed by atoms with Crippen molar-refractivity contribution in [2.45, 2.75) is 6.54 Å². The summed E-state index contributed by atoms with van der Waals surface area (Å²) in [4.78, 5) is 26.1. The minimum absolute atomic E-state index is 0.0981. The molecule has 5 heteroatoms. The van der Waals surface area contributed by atoms with E-state index in [0.717, 1.165) is 6.54 Å². The van der Waals surface area contributed by atoms with E-state index in [2.05, 4.69) is 5.32 Å². The standard InChI is InChI=1S/C20H18N2O2S/c23-19(14-21-13-16-9-6-12-25-16)22-18-11-5-4-10-17(18)20(24)15-7-2-1-3-8-15/h1-12,21H,13-14H2,(H,22,23)/p+1. The van der Waals surface area contributed by atoms with Gasteiger partial charge in [0.15, 0.2) is 12.3 Å². The first-order valence-electron chi connectivity index (χ1n) is 8.07. The fourth-order valence-corrected chi connectivity index (χ4v) is 3.21. The second-order valence-electron chi connectivity index (χ2n) is 5.57. The zero-order valence-corrected chi connectivity index (χ0v) is 14.5. The van der Waals surface area contributed by atoms with Gasteiger partial charge >= 0.3 is 0 Å². The molecule has 1 amide bonds. The topological polar surface area (TPSA) is 62.8 Å². The third kappa shape index (κ3) is 4.62. The van der Waals surface area contributed by atoms with E-state index >= 15 is 0 Å². The van der Waals surface area contributed by atoms with Gasteiger partial charge in [0, 0.05) is 11.1 Å². The zero-order valence-electron chi connectivity index (χ0n) is 13.6. The van der Waals surface area contributed by atoms with Gasteiger partial charge in [-0.1, -0.05) is 48.5 Å². The van der Waals surface area contributed by atoms with Gasteiger partial charge in [0.1, 0.15) is 6.54 Å². The van der Waals surface area contributed by atoms with Crippen LogP contribution < -0.4 is 10.6 Å². The summed E-state index contributed by atoms with van der Waals surface area (Å²) < 4.78 is 0. The van der Waals surface area contributed by atoms with Crippen molar-refractivity contribution >= 4 is 28.7 Å². The number of nitrogens with two attached hydrogens (primary N) is 1. The Bertz CT molecular complexity index is 845. The maximum absolute atomic E-state index is 12.7. The van der Waals surface area contributed by atoms with Crippen LogP contribution in [-0.2, 0) is 11.3 Å². The van der Waals surface area contributed by atoms with Gasteiger partial charge in [-0.25, -0.2) is 0 Å². The molecule has 0 unspecified atom stereocenters. The van der Waals surface area contributed by atoms with Crippen LogP contribution in [0.4, 0.5) is 5.69 Å². The monoisotopic (exact) mass is 351 g/mol. The van der Waals surface area contributed by atoms with Gasteiger partial charge in [0.2, 0.25) is 0 Å². The molecule has 0 radical (unpaired) electrons. The highest BCUT2D eigenvalue weighted by Crippen LogP contribution is 2.19. The Balaban J connectivity index is 1.64. The smallest absolute Gasteiger partial charge is 0.279 e. The first-order valence-corrected chi connectivity index (χ1v) is 8.94. The van der Waals surface area contributed by atoms with E-state index in [9.17, 15) is 9.59 Å². The maximum atomic E-state index is 12.7. The van der Waals surface area contributed by atoms with Crippen molar-refractivity contribution < 1.29 is 14.9 Å². The molecule has 25 heavy (non-hydrogen) atoms. The molecule has 1 heterocycles. The number of amides is 1. The van der Waals surface area contributed by atoms with Crippen LogP contribution in [0.15, 0.2) is 72.1 Å². The largest absolute Gasteiger partial charge is 0.334 e. The number of quaternary nitrogens is 1. The van der Waals surface area contributed by atoms with E-state index in [1.54, 1.807) is 41.7 Å². The molecule has 0 aliphatic rings. The van der Waals surface area contributed by atoms with Gasteiger partial charge in [-0.2, -0.15) is 0 Å². The lowest BCUT2D eigenvalue weighted by atomic mass is 10.0. The Morgan fingerprint density at radius 1 is 0.920 bits per heavy atom. The number of nitrogens with one attached hydrogen (secondary N) is 1. The molecule has 0 aliphatic heterocycles. The summed E-state index contributed by atoms with van der Waals surface area (Å²) in [6, 6.07) is 20.2. The first-order chi connectivity index (χ1) is 12.2. The summed E-state index contributed by atoms with van der Waals surface area (Å²) in [7, 11) is 0. The normalized spacial score (nSPS) is 10.4. The third-order valence-corrected chi connectivity index (χ3v) is 4.64. The van der Waals surface area contributed by atoms with Gasteiger partial charge < -0.3 is 10.6 Å². The molecule has 3 N–H and O–H groups in total. The van der Waals surface area contributed by atoms with Crippen LogP contribution in [0.1, 0.15) is 20.8 Å². The van der Waals surface area contributed by atoms with Gasteiger partial charge in [-0.05, 0) is 23.6 Å². The number of carbonyl (C=O) groups excluding carboxylic acids is 2. The lowest BCUT2D eigenvalue weighted by Crippen LogP contribution is -2.84. The van der Waals surface area contributed by atoms with Crippen molar-refractivity contribution in [3.8, 4) is 0 Å². The van der Waals surface area contributed by atoms with Crippen LogP contribution in [0.25, 0.3) is 0 Å². The fourth-order valence-electron chi connectivity index (χ4n) is 2.51. The van der Waals surface area contributed by atoms with Crippen LogP contribution in [-0.4, -0.2) is 18.2 Å². The van der Waals surface area contributed by atoms with Gasteiger partial charge in [-0.15, -0.1) is 11.3 Å². The van der Waals surface area contributed by atoms with Crippen LogP contribution in [0.3, 0.4) is 0 Å². The Morgan fingerprint density at radius 2 is 1.68 bits per heavy atom. The van der Waals surface area contributed by atoms with Crippen LogP contribution in [0.5, 0.6) is 0 Å². The number of hydrogen-bond acceptors (Lipinski definition) is 3. The summed E-state index contributed by atoms with van der Waals surface area (Å²) >= 11 is 1.67. The first kappa shape index (κ1) is 17.1. The Morgan fingerprint density at radius 3 is 2.44 bits per heavy atom. The second-order valence-corrected chi connectivity index (χ2v) is 6.60. The van der Waals surface area contributed by atoms with Gasteiger partial charge in [-0.3, -0.25) is 9.59 Å². The lowest BCUT2D eigenvalue weighted by molar-refractivity contribution is -0.659. The maximum Gasteiger partial charge on any atom is 0.279 e. The van der Waals surface area contributed by atoms with E-state index in [-0.39, 0.29) is 11.7 Å². The van der Waals surface area contributed by atoms with E-state index in [1.165, 1.54) is 4.88 Å². The van der Waals surface area contributed by atoms with Gasteiger partial charge in [0.25, 0.3) is 5.91 Å². The van der Waals surface area contributed by atoms with E-state index in [1.807, 2.05) is 47.1 Å². The fraction of sp³-hybridized carbons (Fsp3) is 0.100. The molecule has 1 aromatic heterocycles. The average molecular weight is 351 g/mol. The van der Waals surface area contributed by atoms with Crippen molar-refractivity contribution in [1.29, 1.82) is 0 Å². The molecule has 126 valence electrons. The van der Waals surface area contributed by atoms with Crippen molar-refractivity contribution in [2.75, 3.05) is 11.9 Å². The summed E-state index contributed by atoms with van der Waals surface area (Å²) in [6.45, 7) is 1.08. The number of rotatable bonds is 7. The summed E-state index contributed by atoms with van der Waals surface area (Å²) in [5, 5.41) is 6.82. The average Bonchev–Trinajstić information content (AvgIpc) is 3.16. The van der Waals surface area contributed by atoms with E-state index < -0.39 is 0 Å². The number of benzene rings is 2. The molecule has 0 aliphatic carbocycles. The van der Waals surface area contributed by atoms with Crippen LogP contribution >= 0.6 is 11.3 Å². The number of anilines is 1. The number of thiophene rings is 1. The summed E-state index contributed by atoms with van der Waals surface area (Å²) in [6.07, 6.45) is 0. The summed E-state index contributed by atoms with van der Waals surface area (Å²) in [5.41, 5.74) is 1.65. The highest BCUT2D eigenvalue weighted by atomic mass is 32.1. The SMILES string of the molecule is O=C(C[NH2+]Cc1cccs1)Nc1ccccc1C(=O)c1ccccc1. The molecule has 2 aromatic carbocycles. The Labute approximate surface area is 150 Å². The Kier molecular flexibility index (Phi) is 5.72. The summed E-state index contributed by atoms with van der Waals surface area (Å²) in [5.74, 6) is -0.219. The Hall–Kier alpha value is -2.76. The van der Waals surface area contributed by atoms with Crippen LogP contribution in [0, 0.1) is 0 Å². The molecule has 0 saturated carbocycles. The third-order valence-electron chi connectivity index (χ3n) is 3.74. The van der Waals surface area contributed by atoms with Crippen molar-refractivity contribution in [3.05, 3.63) is 88.1 Å². The molecule has 0 atom stereocenters. The zero-order chi connectivity index (χ0) is 17.5. The van der Waals surface area contributed by atoms with E-state index in [4.69, 9.17) is 0 Å². The minimum atomic E-state index is -0.120. The number of ketones is 1. The predicted molar refractivity (Wildman–Crippen MR) is 99.8 cm³/mol. The molecule has 0 saturated heterocycles. The molecule has 0 fully saturated rings. The molecule has 0 spiro atoms.